The second-order valence-corrected chi connectivity index (χ2v) is 8.10. The lowest BCUT2D eigenvalue weighted by Gasteiger charge is -2.15. The van der Waals surface area contributed by atoms with E-state index in [-0.39, 0.29) is 11.9 Å². The zero-order valence-corrected chi connectivity index (χ0v) is 18.0. The highest BCUT2D eigenvalue weighted by atomic mass is 32.2. The molecule has 4 nitrogen and oxygen atoms in total. The van der Waals surface area contributed by atoms with Gasteiger partial charge in [0.05, 0.1) is 4.90 Å². The summed E-state index contributed by atoms with van der Waals surface area (Å²) >= 11 is 0. The summed E-state index contributed by atoms with van der Waals surface area (Å²) in [5.74, 6) is 0.844. The van der Waals surface area contributed by atoms with Crippen molar-refractivity contribution < 1.29 is 13.3 Å². The predicted octanol–water partition coefficient (Wildman–Crippen LogP) is 5.15. The number of hydrogen-bond acceptors (Lipinski definition) is 3. The van der Waals surface area contributed by atoms with Crippen molar-refractivity contribution in [1.82, 2.24) is 4.72 Å². The Morgan fingerprint density at radius 1 is 1.18 bits per heavy atom. The Balaban J connectivity index is 2.03. The van der Waals surface area contributed by atoms with Crippen LogP contribution in [-0.4, -0.2) is 16.1 Å². The van der Waals surface area contributed by atoms with Crippen LogP contribution in [0.15, 0.2) is 58.1 Å². The van der Waals surface area contributed by atoms with Crippen LogP contribution in [-0.2, 0) is 11.0 Å². The molecule has 0 fully saturated rings. The van der Waals surface area contributed by atoms with Crippen molar-refractivity contribution in [3.8, 4) is 5.75 Å². The maximum Gasteiger partial charge on any atom is 0.191 e. The third-order valence-electron chi connectivity index (χ3n) is 4.49. The molecule has 2 unspecified atom stereocenters. The van der Waals surface area contributed by atoms with Gasteiger partial charge in [-0.05, 0) is 75.6 Å². The zero-order chi connectivity index (χ0) is 20.8. The number of hydrogen-bond donors (Lipinski definition) is 1. The first-order chi connectivity index (χ1) is 13.2. The average Bonchev–Trinajstić information content (AvgIpc) is 2.64. The van der Waals surface area contributed by atoms with Crippen molar-refractivity contribution in [1.29, 1.82) is 0 Å². The Kier molecular flexibility index (Phi) is 7.66. The van der Waals surface area contributed by atoms with Crippen LogP contribution in [0, 0.1) is 26.6 Å². The van der Waals surface area contributed by atoms with Crippen LogP contribution < -0.4 is 9.46 Å². The Labute approximate surface area is 169 Å². The second-order valence-electron chi connectivity index (χ2n) is 6.89. The van der Waals surface area contributed by atoms with E-state index in [1.54, 1.807) is 20.0 Å². The van der Waals surface area contributed by atoms with Gasteiger partial charge in [0.15, 0.2) is 5.90 Å². The minimum Gasteiger partial charge on any atom is -0.443 e. The lowest BCUT2D eigenvalue weighted by Crippen LogP contribution is -2.29. The number of nitrogens with zero attached hydrogens (tertiary/aromatic N) is 1. The Hall–Kier alpha value is -2.31. The van der Waals surface area contributed by atoms with E-state index in [2.05, 4.69) is 9.71 Å². The smallest absolute Gasteiger partial charge is 0.191 e. The van der Waals surface area contributed by atoms with Gasteiger partial charge in [-0.1, -0.05) is 17.7 Å². The van der Waals surface area contributed by atoms with Crippen LogP contribution in [0.4, 0.5) is 4.39 Å². The molecular formula is C22H27FN2O2S. The highest BCUT2D eigenvalue weighted by Gasteiger charge is 2.14. The Morgan fingerprint density at radius 3 is 2.46 bits per heavy atom. The standard InChI is InChI=1S/C22H27FN2O2S/c1-14-7-9-21(10-8-14)27-19(6)24-13-16(3)18(5)25-28(26)22-12-20(23)11-15(2)17(22)4/h7-13,18,25H,1-6H3/b16-13+,24-19?. The third kappa shape index (κ3) is 6.11. The third-order valence-corrected chi connectivity index (χ3v) is 5.88. The highest BCUT2D eigenvalue weighted by molar-refractivity contribution is 7.83. The molecule has 6 heteroatoms. The van der Waals surface area contributed by atoms with Crippen LogP contribution >= 0.6 is 0 Å². The van der Waals surface area contributed by atoms with Gasteiger partial charge in [-0.2, -0.15) is 0 Å². The minimum atomic E-state index is -1.52. The quantitative estimate of drug-likeness (QED) is 0.536. The topological polar surface area (TPSA) is 50.7 Å². The summed E-state index contributed by atoms with van der Waals surface area (Å²) in [6.07, 6.45) is 1.68. The molecule has 28 heavy (non-hydrogen) atoms. The van der Waals surface area contributed by atoms with E-state index in [0.29, 0.717) is 10.8 Å². The largest absolute Gasteiger partial charge is 0.443 e. The normalized spacial score (nSPS) is 14.7. The number of benzene rings is 2. The molecule has 0 radical (unpaired) electrons. The van der Waals surface area contributed by atoms with Gasteiger partial charge in [0.25, 0.3) is 0 Å². The van der Waals surface area contributed by atoms with E-state index in [1.807, 2.05) is 52.0 Å². The summed E-state index contributed by atoms with van der Waals surface area (Å²) in [4.78, 5) is 4.78. The summed E-state index contributed by atoms with van der Waals surface area (Å²) in [5.41, 5.74) is 3.64. The second kappa shape index (κ2) is 9.75. The number of nitrogens with one attached hydrogen (secondary N) is 1. The van der Waals surface area contributed by atoms with Crippen LogP contribution in [0.25, 0.3) is 0 Å². The molecule has 0 aromatic heterocycles. The molecule has 150 valence electrons. The number of rotatable bonds is 6. The van der Waals surface area contributed by atoms with Gasteiger partial charge in [-0.15, -0.1) is 0 Å². The summed E-state index contributed by atoms with van der Waals surface area (Å²) < 4.78 is 35.0. The molecule has 0 aliphatic heterocycles. The Morgan fingerprint density at radius 2 is 1.82 bits per heavy atom. The average molecular weight is 403 g/mol. The summed E-state index contributed by atoms with van der Waals surface area (Å²) in [5, 5.41) is 0. The first kappa shape index (κ1) is 22.0. The summed E-state index contributed by atoms with van der Waals surface area (Å²) in [7, 11) is -1.52. The molecule has 0 heterocycles. The molecular weight excluding hydrogens is 375 g/mol. The summed E-state index contributed by atoms with van der Waals surface area (Å²) in [6.45, 7) is 11.2. The minimum absolute atomic E-state index is 0.209. The Bertz CT molecular complexity index is 921. The fourth-order valence-electron chi connectivity index (χ4n) is 2.40. The van der Waals surface area contributed by atoms with E-state index < -0.39 is 11.0 Å². The first-order valence-corrected chi connectivity index (χ1v) is 10.2. The van der Waals surface area contributed by atoms with Crippen molar-refractivity contribution in [3.05, 3.63) is 70.7 Å². The van der Waals surface area contributed by atoms with E-state index >= 15 is 0 Å². The van der Waals surface area contributed by atoms with Crippen molar-refractivity contribution in [2.75, 3.05) is 0 Å². The molecule has 0 amide bonds. The van der Waals surface area contributed by atoms with Crippen LogP contribution in [0.2, 0.25) is 0 Å². The fourth-order valence-corrected chi connectivity index (χ4v) is 3.69. The predicted molar refractivity (Wildman–Crippen MR) is 114 cm³/mol. The van der Waals surface area contributed by atoms with Gasteiger partial charge < -0.3 is 4.74 Å². The van der Waals surface area contributed by atoms with E-state index in [9.17, 15) is 8.60 Å². The highest BCUT2D eigenvalue weighted by Crippen LogP contribution is 2.19. The molecule has 0 bridgehead atoms. The lowest BCUT2D eigenvalue weighted by atomic mass is 10.1. The maximum atomic E-state index is 13.7. The van der Waals surface area contributed by atoms with E-state index in [1.165, 1.54) is 12.1 Å². The number of ether oxygens (including phenoxy) is 1. The molecule has 0 saturated heterocycles. The first-order valence-electron chi connectivity index (χ1n) is 9.07. The monoisotopic (exact) mass is 402 g/mol. The van der Waals surface area contributed by atoms with Crippen LogP contribution in [0.5, 0.6) is 5.75 Å². The number of halogens is 1. The van der Waals surface area contributed by atoms with Crippen molar-refractivity contribution in [2.45, 2.75) is 52.5 Å². The fraction of sp³-hybridized carbons (Fsp3) is 0.318. The van der Waals surface area contributed by atoms with Gasteiger partial charge in [-0.3, -0.25) is 0 Å². The van der Waals surface area contributed by atoms with Crippen molar-refractivity contribution >= 4 is 16.9 Å². The van der Waals surface area contributed by atoms with E-state index in [4.69, 9.17) is 4.74 Å². The van der Waals surface area contributed by atoms with Gasteiger partial charge in [-0.25, -0.2) is 18.3 Å². The van der Waals surface area contributed by atoms with Gasteiger partial charge in [0, 0.05) is 19.2 Å². The molecule has 0 aliphatic rings. The van der Waals surface area contributed by atoms with Gasteiger partial charge in [0.2, 0.25) is 0 Å². The maximum absolute atomic E-state index is 13.7. The van der Waals surface area contributed by atoms with Gasteiger partial charge in [0.1, 0.15) is 22.6 Å². The molecule has 2 rings (SSSR count). The van der Waals surface area contributed by atoms with Crippen molar-refractivity contribution in [3.63, 3.8) is 0 Å². The van der Waals surface area contributed by atoms with Crippen LogP contribution in [0.1, 0.15) is 37.5 Å². The summed E-state index contributed by atoms with van der Waals surface area (Å²) in [6, 6.07) is 10.3. The molecule has 0 saturated carbocycles. The molecule has 1 N–H and O–H groups in total. The van der Waals surface area contributed by atoms with Gasteiger partial charge >= 0.3 is 0 Å². The van der Waals surface area contributed by atoms with Crippen molar-refractivity contribution in [2.24, 2.45) is 4.99 Å². The number of aryl methyl sites for hydroxylation is 2. The molecule has 0 aliphatic carbocycles. The van der Waals surface area contributed by atoms with Crippen LogP contribution in [0.3, 0.4) is 0 Å². The SMILES string of the molecule is CC(=N/C=C(\C)C(C)NS(=O)c1cc(F)cc(C)c1C)Oc1ccc(C)cc1. The molecule has 0 spiro atoms. The lowest BCUT2D eigenvalue weighted by molar-refractivity contribution is 0.546. The number of aliphatic imine (C=N–C) groups is 1. The molecule has 2 aromatic rings. The molecule has 2 aromatic carbocycles. The zero-order valence-electron chi connectivity index (χ0n) is 17.2. The van der Waals surface area contributed by atoms with E-state index in [0.717, 1.165) is 28.0 Å². The molecule has 2 atom stereocenters.